The first-order valence-electron chi connectivity index (χ1n) is 3.90. The van der Waals surface area contributed by atoms with Crippen LogP contribution >= 0.6 is 0 Å². The minimum Gasteiger partial charge on any atom is -0.243 e. The molecule has 0 aliphatic heterocycles. The van der Waals surface area contributed by atoms with Crippen LogP contribution in [0.5, 0.6) is 0 Å². The Morgan fingerprint density at radius 3 is 2.13 bits per heavy atom. The summed E-state index contributed by atoms with van der Waals surface area (Å²) < 4.78 is 59.7. The third-order valence-corrected chi connectivity index (χ3v) is 3.21. The fourth-order valence-electron chi connectivity index (χ4n) is 0.901. The Morgan fingerprint density at radius 1 is 1.13 bits per heavy atom. The number of allylic oxidation sites excluding steroid dienone is 1. The molecule has 1 aromatic carbocycles. The van der Waals surface area contributed by atoms with E-state index in [0.717, 1.165) is 12.1 Å². The number of sulfone groups is 1. The molecule has 0 N–H and O–H groups in total. The number of hydrogen-bond acceptors (Lipinski definition) is 2. The monoisotopic (exact) mass is 236 g/mol. The second-order valence-corrected chi connectivity index (χ2v) is 4.47. The SMILES string of the molecule is O=S(=O)(/C(F)=C(/F)CF)c1ccccc1. The summed E-state index contributed by atoms with van der Waals surface area (Å²) >= 11 is 0. The highest BCUT2D eigenvalue weighted by molar-refractivity contribution is 7.95. The zero-order valence-electron chi connectivity index (χ0n) is 7.45. The van der Waals surface area contributed by atoms with Crippen molar-refractivity contribution < 1.29 is 21.6 Å². The van der Waals surface area contributed by atoms with E-state index in [1.54, 1.807) is 0 Å². The fourth-order valence-corrected chi connectivity index (χ4v) is 1.97. The molecule has 0 heterocycles. The summed E-state index contributed by atoms with van der Waals surface area (Å²) in [4.78, 5) is -0.411. The van der Waals surface area contributed by atoms with Crippen LogP contribution in [-0.2, 0) is 9.84 Å². The summed E-state index contributed by atoms with van der Waals surface area (Å²) in [5.41, 5.74) is 0. The molecule has 1 aromatic rings. The summed E-state index contributed by atoms with van der Waals surface area (Å²) in [5.74, 6) is -1.92. The average Bonchev–Trinajstić information content (AvgIpc) is 2.28. The lowest BCUT2D eigenvalue weighted by Gasteiger charge is -2.01. The van der Waals surface area contributed by atoms with Gasteiger partial charge >= 0.3 is 0 Å². The van der Waals surface area contributed by atoms with E-state index in [4.69, 9.17) is 0 Å². The van der Waals surface area contributed by atoms with Crippen molar-refractivity contribution in [3.63, 3.8) is 0 Å². The van der Waals surface area contributed by atoms with Gasteiger partial charge < -0.3 is 0 Å². The van der Waals surface area contributed by atoms with Crippen molar-refractivity contribution in [2.24, 2.45) is 0 Å². The Hall–Kier alpha value is -1.30. The van der Waals surface area contributed by atoms with Gasteiger partial charge in [0.05, 0.1) is 4.90 Å². The van der Waals surface area contributed by atoms with Crippen molar-refractivity contribution in [1.29, 1.82) is 0 Å². The van der Waals surface area contributed by atoms with Crippen LogP contribution in [0.25, 0.3) is 0 Å². The predicted octanol–water partition coefficient (Wildman–Crippen LogP) is 2.54. The smallest absolute Gasteiger partial charge is 0.243 e. The van der Waals surface area contributed by atoms with Crippen LogP contribution in [0.2, 0.25) is 0 Å². The number of hydrogen-bond donors (Lipinski definition) is 0. The van der Waals surface area contributed by atoms with Gasteiger partial charge in [-0.1, -0.05) is 18.2 Å². The molecule has 0 fully saturated rings. The van der Waals surface area contributed by atoms with Crippen LogP contribution in [0, 0.1) is 0 Å². The molecule has 0 aliphatic carbocycles. The third-order valence-electron chi connectivity index (χ3n) is 1.62. The Morgan fingerprint density at radius 2 is 1.67 bits per heavy atom. The van der Waals surface area contributed by atoms with E-state index in [2.05, 4.69) is 0 Å². The molecule has 2 nitrogen and oxygen atoms in total. The van der Waals surface area contributed by atoms with E-state index in [-0.39, 0.29) is 0 Å². The van der Waals surface area contributed by atoms with Crippen LogP contribution in [0.4, 0.5) is 13.2 Å². The molecule has 0 amide bonds. The highest BCUT2D eigenvalue weighted by Gasteiger charge is 2.24. The van der Waals surface area contributed by atoms with Crippen LogP contribution in [0.1, 0.15) is 0 Å². The lowest BCUT2D eigenvalue weighted by atomic mass is 10.4. The summed E-state index contributed by atoms with van der Waals surface area (Å²) in [7, 11) is -4.55. The summed E-state index contributed by atoms with van der Waals surface area (Å²) in [6, 6.07) is 6.42. The van der Waals surface area contributed by atoms with Crippen LogP contribution in [0.3, 0.4) is 0 Å². The molecular weight excluding hydrogens is 229 g/mol. The number of halogens is 3. The Bertz CT molecular complexity index is 465. The van der Waals surface area contributed by atoms with E-state index in [1.807, 2.05) is 0 Å². The molecule has 0 unspecified atom stereocenters. The van der Waals surface area contributed by atoms with Gasteiger partial charge in [-0.05, 0) is 12.1 Å². The van der Waals surface area contributed by atoms with Crippen LogP contribution < -0.4 is 0 Å². The number of rotatable bonds is 3. The summed E-state index contributed by atoms with van der Waals surface area (Å²) in [6.07, 6.45) is 0. The molecule has 82 valence electrons. The number of benzene rings is 1. The van der Waals surface area contributed by atoms with Crippen molar-refractivity contribution in [1.82, 2.24) is 0 Å². The second-order valence-electron chi connectivity index (χ2n) is 2.63. The zero-order chi connectivity index (χ0) is 11.5. The topological polar surface area (TPSA) is 34.1 Å². The first kappa shape index (κ1) is 11.8. The average molecular weight is 236 g/mol. The van der Waals surface area contributed by atoms with Crippen LogP contribution in [-0.4, -0.2) is 15.1 Å². The molecule has 0 saturated heterocycles. The highest BCUT2D eigenvalue weighted by atomic mass is 32.2. The molecule has 15 heavy (non-hydrogen) atoms. The molecule has 0 atom stereocenters. The summed E-state index contributed by atoms with van der Waals surface area (Å²) in [6.45, 7) is -1.78. The van der Waals surface area contributed by atoms with Crippen molar-refractivity contribution in [2.75, 3.05) is 6.67 Å². The highest BCUT2D eigenvalue weighted by Crippen LogP contribution is 2.23. The Kier molecular flexibility index (Phi) is 3.52. The van der Waals surface area contributed by atoms with E-state index >= 15 is 0 Å². The molecule has 0 spiro atoms. The molecule has 0 bridgehead atoms. The standard InChI is InChI=1S/C9H7F3O2S/c10-6-8(11)9(12)15(13,14)7-4-2-1-3-5-7/h1-5H,6H2/b9-8+. The lowest BCUT2D eigenvalue weighted by Crippen LogP contribution is -2.03. The fraction of sp³-hybridized carbons (Fsp3) is 0.111. The van der Waals surface area contributed by atoms with Gasteiger partial charge in [0.15, 0.2) is 5.83 Å². The van der Waals surface area contributed by atoms with E-state index in [9.17, 15) is 21.6 Å². The van der Waals surface area contributed by atoms with Gasteiger partial charge in [0.25, 0.3) is 5.16 Å². The van der Waals surface area contributed by atoms with Crippen molar-refractivity contribution in [3.8, 4) is 0 Å². The minimum atomic E-state index is -4.55. The largest absolute Gasteiger partial charge is 0.253 e. The van der Waals surface area contributed by atoms with Crippen LogP contribution in [0.15, 0.2) is 46.2 Å². The minimum absolute atomic E-state index is 0.411. The lowest BCUT2D eigenvalue weighted by molar-refractivity contribution is 0.436. The van der Waals surface area contributed by atoms with E-state index < -0.39 is 32.4 Å². The van der Waals surface area contributed by atoms with Gasteiger partial charge in [0, 0.05) is 0 Å². The first-order chi connectivity index (χ1) is 7.00. The van der Waals surface area contributed by atoms with Gasteiger partial charge in [0.2, 0.25) is 9.84 Å². The molecule has 6 heteroatoms. The first-order valence-corrected chi connectivity index (χ1v) is 5.38. The molecule has 1 rings (SSSR count). The third kappa shape index (κ3) is 2.38. The Labute approximate surface area is 85.0 Å². The molecular formula is C9H7F3O2S. The zero-order valence-corrected chi connectivity index (χ0v) is 8.27. The Balaban J connectivity index is 3.28. The maximum Gasteiger partial charge on any atom is 0.253 e. The maximum atomic E-state index is 12.9. The van der Waals surface area contributed by atoms with Gasteiger partial charge in [-0.15, -0.1) is 0 Å². The van der Waals surface area contributed by atoms with Gasteiger partial charge in [-0.25, -0.2) is 17.2 Å². The predicted molar refractivity (Wildman–Crippen MR) is 48.8 cm³/mol. The van der Waals surface area contributed by atoms with Gasteiger partial charge in [-0.3, -0.25) is 0 Å². The number of alkyl halides is 1. The molecule has 0 radical (unpaired) electrons. The van der Waals surface area contributed by atoms with Crippen molar-refractivity contribution in [3.05, 3.63) is 41.3 Å². The van der Waals surface area contributed by atoms with Crippen molar-refractivity contribution >= 4 is 9.84 Å². The van der Waals surface area contributed by atoms with E-state index in [1.165, 1.54) is 18.2 Å². The molecule has 0 aliphatic rings. The maximum absolute atomic E-state index is 12.9. The normalized spacial score (nSPS) is 13.5. The molecule has 0 aromatic heterocycles. The summed E-state index contributed by atoms with van der Waals surface area (Å²) in [5, 5.41) is -2.07. The van der Waals surface area contributed by atoms with E-state index in [0.29, 0.717) is 0 Å². The molecule has 0 saturated carbocycles. The second kappa shape index (κ2) is 4.48. The van der Waals surface area contributed by atoms with Crippen molar-refractivity contribution in [2.45, 2.75) is 4.90 Å². The van der Waals surface area contributed by atoms with Gasteiger partial charge in [0.1, 0.15) is 6.67 Å². The quantitative estimate of drug-likeness (QED) is 0.808. The van der Waals surface area contributed by atoms with Gasteiger partial charge in [-0.2, -0.15) is 4.39 Å².